The molecule has 18 nitrogen and oxygen atoms in total. The van der Waals surface area contributed by atoms with Crippen LogP contribution in [0.4, 0.5) is 0 Å². The molecular weight excluding hydrogens is 844 g/mol. The summed E-state index contributed by atoms with van der Waals surface area (Å²) in [6, 6.07) is 34.8. The number of pyridine rings is 6. The van der Waals surface area contributed by atoms with Gasteiger partial charge in [0, 0.05) is 37.2 Å². The predicted octanol–water partition coefficient (Wildman–Crippen LogP) is -7.84. The Morgan fingerprint density at radius 2 is 0.365 bits per heavy atom. The second-order valence-corrected chi connectivity index (χ2v) is 10.7. The first-order valence-electron chi connectivity index (χ1n) is 13.2. The number of aromatic nitrogens is 6. The van der Waals surface area contributed by atoms with Crippen LogP contribution in [0.2, 0.25) is 0 Å². The molecule has 52 heavy (non-hydrogen) atoms. The molecule has 0 aliphatic rings. The minimum atomic E-state index is -4.94. The van der Waals surface area contributed by atoms with Crippen molar-refractivity contribution in [1.82, 2.24) is 29.9 Å². The van der Waals surface area contributed by atoms with E-state index in [0.29, 0.717) is 0 Å². The summed E-state index contributed by atoms with van der Waals surface area (Å²) in [5.41, 5.74) is 5.49. The maximum Gasteiger partial charge on any atom is 3.00 e. The van der Waals surface area contributed by atoms with Crippen LogP contribution in [0, 0.1) is 30.7 Å². The van der Waals surface area contributed by atoms with Gasteiger partial charge in [0.1, 0.15) is 0 Å². The first kappa shape index (κ1) is 47.9. The van der Waals surface area contributed by atoms with Gasteiger partial charge in [-0.3, -0.25) is 29.9 Å². The summed E-state index contributed by atoms with van der Waals surface area (Å²) in [7, 11) is -14.8. The van der Waals surface area contributed by atoms with E-state index in [1.165, 1.54) is 0 Å². The average molecular weight is 868 g/mol. The molecule has 0 N–H and O–H groups in total. The molecule has 0 fully saturated rings. The van der Waals surface area contributed by atoms with Crippen LogP contribution >= 0.6 is 0 Å². The van der Waals surface area contributed by atoms with Gasteiger partial charge in [0.2, 0.25) is 0 Å². The van der Waals surface area contributed by atoms with E-state index in [4.69, 9.17) is 55.9 Å². The topological polar surface area (TPSA) is 354 Å². The molecule has 22 heteroatoms. The standard InChI is InChI=1S/3C10H8N2.3ClHO4.Ru/c3*1-3-7-11-9(5-1)10-6-2-4-8-12-10;3*2-1(3,4)5;/h3*1-8H;3*(H,2,3,4,5);/q;;;;;;+3/p-3. The van der Waals surface area contributed by atoms with Gasteiger partial charge < -0.3 is 0 Å². The SMILES string of the molecule is [O-][Cl+3]([O-])([O-])[O-].[O-][Cl+3]([O-])([O-])[O-].[O-][Cl+3]([O-])([O-])[O-].[Ru+3].c1ccc(-c2ccccn2)nc1.c1ccc(-c2ccccn2)nc1.c1ccc(-c2ccccn2)nc1. The number of nitrogens with zero attached hydrogens (tertiary/aromatic N) is 6. The van der Waals surface area contributed by atoms with Gasteiger partial charge in [-0.15, -0.1) is 30.7 Å². The van der Waals surface area contributed by atoms with Crippen molar-refractivity contribution in [3.8, 4) is 34.2 Å². The summed E-state index contributed by atoms with van der Waals surface area (Å²) in [4.78, 5) is 25.1. The smallest absolute Gasteiger partial charge is 0.255 e. The minimum absolute atomic E-state index is 0. The molecule has 0 spiro atoms. The maximum atomic E-state index is 8.49. The fourth-order valence-corrected chi connectivity index (χ4v) is 3.09. The first-order chi connectivity index (χ1) is 23.9. The van der Waals surface area contributed by atoms with Gasteiger partial charge in [-0.1, -0.05) is 36.4 Å². The molecular formula is C30H24Cl3N6O12Ru. The number of hydrogen-bond acceptors (Lipinski definition) is 18. The van der Waals surface area contributed by atoms with E-state index in [1.54, 1.807) is 37.2 Å². The van der Waals surface area contributed by atoms with E-state index < -0.39 is 30.7 Å². The van der Waals surface area contributed by atoms with Crippen LogP contribution in [0.25, 0.3) is 34.2 Å². The Morgan fingerprint density at radius 3 is 0.442 bits per heavy atom. The molecule has 0 aliphatic carbocycles. The third-order valence-electron chi connectivity index (χ3n) is 4.78. The average Bonchev–Trinajstić information content (AvgIpc) is 3.09. The van der Waals surface area contributed by atoms with Crippen LogP contribution in [0.15, 0.2) is 146 Å². The maximum absolute atomic E-state index is 8.49. The number of hydrogen-bond donors (Lipinski definition) is 0. The molecule has 0 aliphatic heterocycles. The fourth-order valence-electron chi connectivity index (χ4n) is 3.09. The van der Waals surface area contributed by atoms with E-state index >= 15 is 0 Å². The third-order valence-corrected chi connectivity index (χ3v) is 4.78. The van der Waals surface area contributed by atoms with Gasteiger partial charge >= 0.3 is 19.5 Å². The summed E-state index contributed by atoms with van der Waals surface area (Å²) in [6.07, 6.45) is 10.6. The molecule has 6 rings (SSSR count). The molecule has 6 aromatic heterocycles. The monoisotopic (exact) mass is 867 g/mol. The van der Waals surface area contributed by atoms with Crippen molar-refractivity contribution in [2.24, 2.45) is 0 Å². The van der Waals surface area contributed by atoms with Crippen molar-refractivity contribution in [2.75, 3.05) is 0 Å². The van der Waals surface area contributed by atoms with Crippen LogP contribution in [0.5, 0.6) is 0 Å². The molecule has 6 aromatic rings. The van der Waals surface area contributed by atoms with E-state index in [9.17, 15) is 0 Å². The molecule has 275 valence electrons. The van der Waals surface area contributed by atoms with Gasteiger partial charge in [-0.05, 0) is 72.8 Å². The summed E-state index contributed by atoms with van der Waals surface area (Å²) in [5, 5.41) is 0. The second-order valence-electron chi connectivity index (χ2n) is 8.42. The molecule has 0 unspecified atom stereocenters. The van der Waals surface area contributed by atoms with Crippen LogP contribution in [-0.4, -0.2) is 29.9 Å². The molecule has 1 radical (unpaired) electrons. The second kappa shape index (κ2) is 25.8. The summed E-state index contributed by atoms with van der Waals surface area (Å²) < 4.78 is 102. The largest absolute Gasteiger partial charge is 3.00 e. The van der Waals surface area contributed by atoms with E-state index in [1.807, 2.05) is 109 Å². The minimum Gasteiger partial charge on any atom is -0.255 e. The van der Waals surface area contributed by atoms with Gasteiger partial charge in [-0.25, -0.2) is 55.9 Å². The van der Waals surface area contributed by atoms with Crippen LogP contribution in [0.3, 0.4) is 0 Å². The normalized spacial score (nSPS) is 10.2. The Kier molecular flexibility index (Phi) is 23.8. The van der Waals surface area contributed by atoms with Crippen molar-refractivity contribution >= 4 is 0 Å². The third kappa shape index (κ3) is 29.6. The molecule has 0 saturated heterocycles. The molecule has 0 bridgehead atoms. The van der Waals surface area contributed by atoms with Crippen molar-refractivity contribution in [3.63, 3.8) is 0 Å². The van der Waals surface area contributed by atoms with E-state index in [0.717, 1.165) is 34.2 Å². The van der Waals surface area contributed by atoms with Crippen molar-refractivity contribution < 1.29 is 106 Å². The van der Waals surface area contributed by atoms with Gasteiger partial charge in [0.15, 0.2) is 0 Å². The van der Waals surface area contributed by atoms with E-state index in [-0.39, 0.29) is 19.5 Å². The summed E-state index contributed by atoms with van der Waals surface area (Å²) in [5.74, 6) is 0. The van der Waals surface area contributed by atoms with Gasteiger partial charge in [-0.2, -0.15) is 0 Å². The van der Waals surface area contributed by atoms with Crippen LogP contribution < -0.4 is 55.9 Å². The zero-order valence-corrected chi connectivity index (χ0v) is 29.9. The summed E-state index contributed by atoms with van der Waals surface area (Å²) >= 11 is 0. The predicted molar refractivity (Wildman–Crippen MR) is 142 cm³/mol. The van der Waals surface area contributed by atoms with Crippen molar-refractivity contribution in [1.29, 1.82) is 0 Å². The van der Waals surface area contributed by atoms with Gasteiger partial charge in [0.25, 0.3) is 0 Å². The van der Waals surface area contributed by atoms with Crippen LogP contribution in [0.1, 0.15) is 0 Å². The van der Waals surface area contributed by atoms with Crippen molar-refractivity contribution in [2.45, 2.75) is 0 Å². The number of halogens is 3. The Balaban J connectivity index is 0.000000627. The van der Waals surface area contributed by atoms with Crippen LogP contribution in [-0.2, 0) is 19.5 Å². The Hall–Kier alpha value is -4.09. The summed E-state index contributed by atoms with van der Waals surface area (Å²) in [6.45, 7) is 0. The van der Waals surface area contributed by atoms with E-state index in [2.05, 4.69) is 29.9 Å². The molecule has 6 heterocycles. The molecule has 0 amide bonds. The number of rotatable bonds is 3. The Bertz CT molecular complexity index is 1380. The quantitative estimate of drug-likeness (QED) is 0.149. The molecule has 0 atom stereocenters. The Morgan fingerprint density at radius 1 is 0.250 bits per heavy atom. The van der Waals surface area contributed by atoms with Crippen molar-refractivity contribution in [3.05, 3.63) is 146 Å². The zero-order valence-electron chi connectivity index (χ0n) is 25.9. The zero-order chi connectivity index (χ0) is 38.2. The Labute approximate surface area is 315 Å². The first-order valence-corrected chi connectivity index (χ1v) is 16.9. The molecule has 0 saturated carbocycles. The molecule has 0 aromatic carbocycles. The van der Waals surface area contributed by atoms with Gasteiger partial charge in [0.05, 0.1) is 34.2 Å². The fraction of sp³-hybridized carbons (Fsp3) is 0.